The molecule has 0 rings (SSSR count). The first-order chi connectivity index (χ1) is 5.46. The monoisotopic (exact) mass is 172 g/mol. The van der Waals surface area contributed by atoms with E-state index in [1.165, 1.54) is 6.07 Å². The number of methoxy groups -OCH3 is 1. The van der Waals surface area contributed by atoms with Gasteiger partial charge >= 0.3 is 12.1 Å². The number of nitrogens with one attached hydrogen (secondary N) is 1. The van der Waals surface area contributed by atoms with Crippen molar-refractivity contribution >= 4 is 12.1 Å². The summed E-state index contributed by atoms with van der Waals surface area (Å²) in [7, 11) is 1.08. The summed E-state index contributed by atoms with van der Waals surface area (Å²) >= 11 is 0. The normalized spacial score (nSPS) is 13.8. The van der Waals surface area contributed by atoms with E-state index in [-0.39, 0.29) is 0 Å². The van der Waals surface area contributed by atoms with E-state index >= 15 is 0 Å². The first-order valence-corrected chi connectivity index (χ1v) is 2.97. The average molecular weight is 172 g/mol. The molecule has 0 aliphatic heterocycles. The fourth-order valence-corrected chi connectivity index (χ4v) is 0.384. The van der Waals surface area contributed by atoms with Crippen LogP contribution in [0.25, 0.3) is 0 Å². The molecule has 0 fully saturated rings. The van der Waals surface area contributed by atoms with Crippen molar-refractivity contribution in [1.29, 1.82) is 5.26 Å². The second-order valence-electron chi connectivity index (χ2n) is 2.16. The van der Waals surface area contributed by atoms with Gasteiger partial charge in [-0.15, -0.1) is 0 Å². The van der Waals surface area contributed by atoms with E-state index < -0.39 is 17.6 Å². The molecule has 1 amide bonds. The van der Waals surface area contributed by atoms with Crippen molar-refractivity contribution in [3.05, 3.63) is 0 Å². The maximum atomic E-state index is 10.5. The van der Waals surface area contributed by atoms with Crippen molar-refractivity contribution in [3.63, 3.8) is 0 Å². The number of nitriles is 1. The molecule has 6 nitrogen and oxygen atoms in total. The van der Waals surface area contributed by atoms with Crippen molar-refractivity contribution in [2.45, 2.75) is 12.5 Å². The van der Waals surface area contributed by atoms with E-state index in [4.69, 9.17) is 10.4 Å². The van der Waals surface area contributed by atoms with Gasteiger partial charge in [0.05, 0.1) is 7.11 Å². The fourth-order valence-electron chi connectivity index (χ4n) is 0.384. The summed E-state index contributed by atoms with van der Waals surface area (Å²) in [6, 6.07) is 1.43. The third kappa shape index (κ3) is 2.12. The Labute approximate surface area is 68.7 Å². The van der Waals surface area contributed by atoms with Crippen LogP contribution in [-0.2, 0) is 9.53 Å². The summed E-state index contributed by atoms with van der Waals surface area (Å²) in [6.45, 7) is 1.06. The first kappa shape index (κ1) is 10.2. The van der Waals surface area contributed by atoms with Gasteiger partial charge in [0, 0.05) is 0 Å². The van der Waals surface area contributed by atoms with Gasteiger partial charge in [0.1, 0.15) is 6.07 Å². The molecule has 1 atom stereocenters. The summed E-state index contributed by atoms with van der Waals surface area (Å²) in [6.07, 6.45) is -0.957. The molecular weight excluding hydrogens is 164 g/mol. The highest BCUT2D eigenvalue weighted by molar-refractivity contribution is 5.86. The van der Waals surface area contributed by atoms with Gasteiger partial charge in [0.25, 0.3) is 0 Å². The minimum Gasteiger partial charge on any atom is -0.479 e. The SMILES string of the molecule is COC(=O)NC(C)(C#N)C(=O)O. The number of nitrogens with zero attached hydrogens (tertiary/aromatic N) is 1. The second-order valence-corrected chi connectivity index (χ2v) is 2.16. The summed E-state index contributed by atoms with van der Waals surface area (Å²) in [5.41, 5.74) is -1.94. The maximum Gasteiger partial charge on any atom is 0.408 e. The zero-order valence-corrected chi connectivity index (χ0v) is 6.62. The van der Waals surface area contributed by atoms with Crippen molar-refractivity contribution in [2.75, 3.05) is 7.11 Å². The highest BCUT2D eigenvalue weighted by atomic mass is 16.5. The molecule has 2 N–H and O–H groups in total. The molecule has 0 aromatic rings. The second kappa shape index (κ2) is 3.57. The summed E-state index contributed by atoms with van der Waals surface area (Å²) in [5.74, 6) is -1.43. The third-order valence-corrected chi connectivity index (χ3v) is 1.19. The van der Waals surface area contributed by atoms with Gasteiger partial charge in [-0.05, 0) is 6.92 Å². The van der Waals surface area contributed by atoms with Crippen LogP contribution < -0.4 is 5.32 Å². The highest BCUT2D eigenvalue weighted by Crippen LogP contribution is 2.01. The molecule has 1 unspecified atom stereocenters. The van der Waals surface area contributed by atoms with Crippen LogP contribution in [0.3, 0.4) is 0 Å². The van der Waals surface area contributed by atoms with E-state index in [1.54, 1.807) is 0 Å². The van der Waals surface area contributed by atoms with Crippen LogP contribution in [0, 0.1) is 11.3 Å². The molecule has 6 heteroatoms. The number of rotatable bonds is 2. The molecule has 66 valence electrons. The van der Waals surface area contributed by atoms with Crippen molar-refractivity contribution in [2.24, 2.45) is 0 Å². The summed E-state index contributed by atoms with van der Waals surface area (Å²) in [4.78, 5) is 21.0. The van der Waals surface area contributed by atoms with Crippen LogP contribution in [0.4, 0.5) is 4.79 Å². The smallest absolute Gasteiger partial charge is 0.408 e. The molecule has 0 spiro atoms. The number of amides is 1. The number of aliphatic carboxylic acids is 1. The molecule has 0 bridgehead atoms. The number of alkyl carbamates (subject to hydrolysis) is 1. The largest absolute Gasteiger partial charge is 0.479 e. The molecule has 0 aliphatic carbocycles. The van der Waals surface area contributed by atoms with E-state index in [0.29, 0.717) is 0 Å². The van der Waals surface area contributed by atoms with Crippen molar-refractivity contribution < 1.29 is 19.4 Å². The van der Waals surface area contributed by atoms with Gasteiger partial charge in [-0.25, -0.2) is 9.59 Å². The quantitative estimate of drug-likeness (QED) is 0.596. The third-order valence-electron chi connectivity index (χ3n) is 1.19. The Hall–Kier alpha value is -1.77. The number of carbonyl (C=O) groups excluding carboxylic acids is 1. The van der Waals surface area contributed by atoms with E-state index in [9.17, 15) is 9.59 Å². The van der Waals surface area contributed by atoms with E-state index in [1.807, 2.05) is 5.32 Å². The zero-order valence-electron chi connectivity index (χ0n) is 6.62. The number of carbonyl (C=O) groups is 2. The minimum atomic E-state index is -1.94. The Bertz CT molecular complexity index is 244. The number of carboxylic acid groups (broad SMARTS) is 1. The number of hydrogen-bond donors (Lipinski definition) is 2. The lowest BCUT2D eigenvalue weighted by molar-refractivity contribution is -0.141. The number of hydrogen-bond acceptors (Lipinski definition) is 4. The molecule has 12 heavy (non-hydrogen) atoms. The lowest BCUT2D eigenvalue weighted by atomic mass is 10.1. The average Bonchev–Trinajstić information content (AvgIpc) is 2.03. The lowest BCUT2D eigenvalue weighted by Gasteiger charge is -2.16. The Kier molecular flexibility index (Phi) is 3.04. The predicted octanol–water partition coefficient (Wildman–Crippen LogP) is -0.291. The molecule has 0 aromatic carbocycles. The number of ether oxygens (including phenoxy) is 1. The lowest BCUT2D eigenvalue weighted by Crippen LogP contribution is -2.51. The molecule has 0 aliphatic rings. The Morgan fingerprint density at radius 3 is 2.42 bits per heavy atom. The molecule has 0 saturated carbocycles. The van der Waals surface area contributed by atoms with E-state index in [2.05, 4.69) is 4.74 Å². The van der Waals surface area contributed by atoms with Gasteiger partial charge < -0.3 is 9.84 Å². The molecule has 0 saturated heterocycles. The molecular formula is C6H8N2O4. The highest BCUT2D eigenvalue weighted by Gasteiger charge is 2.35. The van der Waals surface area contributed by atoms with Gasteiger partial charge in [-0.3, -0.25) is 5.32 Å². The number of carboxylic acids is 1. The standard InChI is InChI=1S/C6H8N2O4/c1-6(3-7,4(9)10)8-5(11)12-2/h1-2H3,(H,8,11)(H,9,10). The maximum absolute atomic E-state index is 10.5. The van der Waals surface area contributed by atoms with Crippen LogP contribution >= 0.6 is 0 Å². The van der Waals surface area contributed by atoms with Crippen LogP contribution in [0.2, 0.25) is 0 Å². The van der Waals surface area contributed by atoms with Crippen molar-refractivity contribution in [3.8, 4) is 6.07 Å². The summed E-state index contributed by atoms with van der Waals surface area (Å²) < 4.78 is 4.13. The van der Waals surface area contributed by atoms with Crippen LogP contribution in [-0.4, -0.2) is 29.8 Å². The Morgan fingerprint density at radius 2 is 2.17 bits per heavy atom. The van der Waals surface area contributed by atoms with E-state index in [0.717, 1.165) is 14.0 Å². The molecule has 0 heterocycles. The van der Waals surface area contributed by atoms with Crippen LogP contribution in [0.5, 0.6) is 0 Å². The predicted molar refractivity (Wildman–Crippen MR) is 37.2 cm³/mol. The fraction of sp³-hybridized carbons (Fsp3) is 0.500. The van der Waals surface area contributed by atoms with Gasteiger partial charge in [0.2, 0.25) is 5.54 Å². The molecule has 0 aromatic heterocycles. The first-order valence-electron chi connectivity index (χ1n) is 2.97. The molecule has 0 radical (unpaired) electrons. The minimum absolute atomic E-state index is 0.957. The zero-order chi connectivity index (χ0) is 9.78. The summed E-state index contributed by atoms with van der Waals surface area (Å²) in [5, 5.41) is 18.8. The van der Waals surface area contributed by atoms with Crippen LogP contribution in [0.1, 0.15) is 6.92 Å². The Balaban J connectivity index is 4.48. The van der Waals surface area contributed by atoms with Gasteiger partial charge in [-0.1, -0.05) is 0 Å². The topological polar surface area (TPSA) is 99.4 Å². The van der Waals surface area contributed by atoms with Crippen molar-refractivity contribution in [1.82, 2.24) is 5.32 Å². The van der Waals surface area contributed by atoms with Gasteiger partial charge in [0.15, 0.2) is 0 Å². The van der Waals surface area contributed by atoms with Gasteiger partial charge in [-0.2, -0.15) is 5.26 Å². The van der Waals surface area contributed by atoms with Crippen LogP contribution in [0.15, 0.2) is 0 Å². The Morgan fingerprint density at radius 1 is 1.67 bits per heavy atom.